The molecule has 24 heavy (non-hydrogen) atoms. The molecule has 4 nitrogen and oxygen atoms in total. The number of carboxylic acids is 1. The van der Waals surface area contributed by atoms with Crippen LogP contribution >= 0.6 is 0 Å². The van der Waals surface area contributed by atoms with E-state index in [1.807, 2.05) is 72.9 Å². The molecular weight excluding hydrogens is 304 g/mol. The third kappa shape index (κ3) is 10.3. The zero-order valence-corrected chi connectivity index (χ0v) is 13.7. The topological polar surface area (TPSA) is 55.8 Å². The second kappa shape index (κ2) is 13.0. The average molecular weight is 328 g/mol. The summed E-state index contributed by atoms with van der Waals surface area (Å²) in [6.07, 6.45) is 25.8. The van der Waals surface area contributed by atoms with E-state index in [2.05, 4.69) is 6.58 Å². The predicted octanol–water partition coefficient (Wildman–Crippen LogP) is 4.46. The van der Waals surface area contributed by atoms with E-state index in [0.717, 1.165) is 0 Å². The molecule has 0 aromatic heterocycles. The van der Waals surface area contributed by atoms with Crippen LogP contribution in [0.25, 0.3) is 0 Å². The quantitative estimate of drug-likeness (QED) is 0.475. The fourth-order valence-electron chi connectivity index (χ4n) is 1.94. The molecule has 2 atom stereocenters. The number of carbonyl (C=O) groups is 1. The van der Waals surface area contributed by atoms with Crippen LogP contribution < -0.4 is 0 Å². The van der Waals surface area contributed by atoms with Crippen molar-refractivity contribution in [2.24, 2.45) is 0 Å². The zero-order valence-electron chi connectivity index (χ0n) is 13.7. The van der Waals surface area contributed by atoms with E-state index in [1.54, 1.807) is 6.08 Å². The Labute approximate surface area is 143 Å². The lowest BCUT2D eigenvalue weighted by Crippen LogP contribution is -2.12. The van der Waals surface area contributed by atoms with Crippen LogP contribution in [0.4, 0.5) is 0 Å². The molecule has 0 amide bonds. The summed E-state index contributed by atoms with van der Waals surface area (Å²) in [7, 11) is 0. The van der Waals surface area contributed by atoms with Crippen molar-refractivity contribution < 1.29 is 19.7 Å². The van der Waals surface area contributed by atoms with Crippen molar-refractivity contribution in [3.8, 4) is 0 Å². The van der Waals surface area contributed by atoms with Crippen molar-refractivity contribution in [2.45, 2.75) is 31.5 Å². The van der Waals surface area contributed by atoms with Crippen LogP contribution in [0.15, 0.2) is 85.6 Å². The number of hydrogen-bond acceptors (Lipinski definition) is 3. The fraction of sp³-hybridized carbons (Fsp3) is 0.250. The summed E-state index contributed by atoms with van der Waals surface area (Å²) in [4.78, 5) is 20.6. The number of allylic oxidation sites excluding steroid dienone is 12. The lowest BCUT2D eigenvalue weighted by Gasteiger charge is -2.00. The van der Waals surface area contributed by atoms with Crippen molar-refractivity contribution in [3.05, 3.63) is 85.6 Å². The van der Waals surface area contributed by atoms with E-state index in [0.29, 0.717) is 12.8 Å². The van der Waals surface area contributed by atoms with Crippen LogP contribution in [-0.2, 0) is 14.6 Å². The van der Waals surface area contributed by atoms with Crippen molar-refractivity contribution in [3.63, 3.8) is 0 Å². The van der Waals surface area contributed by atoms with Gasteiger partial charge in [0.2, 0.25) is 0 Å². The molecule has 0 aromatic rings. The van der Waals surface area contributed by atoms with Crippen LogP contribution in [0.1, 0.15) is 19.3 Å². The molecule has 0 bridgehead atoms. The predicted molar refractivity (Wildman–Crippen MR) is 96.3 cm³/mol. The molecule has 2 unspecified atom stereocenters. The molecule has 4 heteroatoms. The van der Waals surface area contributed by atoms with E-state index in [-0.39, 0.29) is 18.6 Å². The summed E-state index contributed by atoms with van der Waals surface area (Å²) < 4.78 is 0. The first kappa shape index (κ1) is 19.6. The van der Waals surface area contributed by atoms with Gasteiger partial charge in [-0.1, -0.05) is 85.6 Å². The van der Waals surface area contributed by atoms with Gasteiger partial charge in [0.05, 0.1) is 12.5 Å². The Morgan fingerprint density at radius 2 is 1.38 bits per heavy atom. The minimum Gasteiger partial charge on any atom is -0.481 e. The van der Waals surface area contributed by atoms with E-state index < -0.39 is 5.97 Å². The van der Waals surface area contributed by atoms with Crippen LogP contribution in [0.3, 0.4) is 0 Å². The average Bonchev–Trinajstić information content (AvgIpc) is 2.98. The highest BCUT2D eigenvalue weighted by atomic mass is 17.2. The zero-order chi connectivity index (χ0) is 17.5. The lowest BCUT2D eigenvalue weighted by molar-refractivity contribution is -0.296. The molecular formula is C20H24O4. The van der Waals surface area contributed by atoms with E-state index in [9.17, 15) is 4.79 Å². The van der Waals surface area contributed by atoms with Gasteiger partial charge in [-0.2, -0.15) is 0 Å². The molecule has 1 rings (SSSR count). The summed E-state index contributed by atoms with van der Waals surface area (Å²) in [5.41, 5.74) is 0. The van der Waals surface area contributed by atoms with Crippen molar-refractivity contribution in [2.75, 3.05) is 0 Å². The van der Waals surface area contributed by atoms with Gasteiger partial charge in [-0.3, -0.25) is 4.79 Å². The highest BCUT2D eigenvalue weighted by Gasteiger charge is 2.28. The third-order valence-electron chi connectivity index (χ3n) is 3.04. The molecule has 1 heterocycles. The molecule has 1 N–H and O–H groups in total. The van der Waals surface area contributed by atoms with Gasteiger partial charge in [-0.05, 0) is 6.42 Å². The Bertz CT molecular complexity index is 550. The van der Waals surface area contributed by atoms with E-state index >= 15 is 0 Å². The molecule has 0 spiro atoms. The van der Waals surface area contributed by atoms with E-state index in [1.165, 1.54) is 0 Å². The Hall–Kier alpha value is -2.43. The third-order valence-corrected chi connectivity index (χ3v) is 3.04. The maximum Gasteiger partial charge on any atom is 0.306 e. The van der Waals surface area contributed by atoms with Gasteiger partial charge in [-0.15, -0.1) is 0 Å². The van der Waals surface area contributed by atoms with Gasteiger partial charge >= 0.3 is 5.97 Å². The number of rotatable bonds is 10. The summed E-state index contributed by atoms with van der Waals surface area (Å²) in [5.74, 6) is -0.868. The van der Waals surface area contributed by atoms with Gasteiger partial charge in [-0.25, -0.2) is 9.78 Å². The van der Waals surface area contributed by atoms with Crippen LogP contribution in [0, 0.1) is 0 Å². The first-order chi connectivity index (χ1) is 11.7. The highest BCUT2D eigenvalue weighted by molar-refractivity contribution is 5.67. The monoisotopic (exact) mass is 328 g/mol. The summed E-state index contributed by atoms with van der Waals surface area (Å²) in [6.45, 7) is 3.59. The minimum atomic E-state index is -0.868. The van der Waals surface area contributed by atoms with Gasteiger partial charge in [0.1, 0.15) is 6.10 Å². The van der Waals surface area contributed by atoms with Crippen molar-refractivity contribution >= 4 is 5.97 Å². The largest absolute Gasteiger partial charge is 0.481 e. The molecule has 0 aliphatic carbocycles. The molecule has 1 aliphatic rings. The smallest absolute Gasteiger partial charge is 0.306 e. The maximum absolute atomic E-state index is 10.6. The van der Waals surface area contributed by atoms with Crippen molar-refractivity contribution in [1.82, 2.24) is 0 Å². The van der Waals surface area contributed by atoms with Crippen LogP contribution in [-0.4, -0.2) is 23.3 Å². The fourth-order valence-corrected chi connectivity index (χ4v) is 1.94. The van der Waals surface area contributed by atoms with Gasteiger partial charge in [0.15, 0.2) is 0 Å². The Morgan fingerprint density at radius 3 is 1.92 bits per heavy atom. The van der Waals surface area contributed by atoms with Crippen LogP contribution in [0.2, 0.25) is 0 Å². The first-order valence-electron chi connectivity index (χ1n) is 7.87. The molecule has 1 aliphatic heterocycles. The molecule has 0 aromatic carbocycles. The van der Waals surface area contributed by atoms with E-state index in [4.69, 9.17) is 14.9 Å². The SMILES string of the molecule is C=CC=CC=CC=CC=CC=CC=CCC1CC(CC(=O)O)OO1. The van der Waals surface area contributed by atoms with Gasteiger partial charge < -0.3 is 5.11 Å². The summed E-state index contributed by atoms with van der Waals surface area (Å²) >= 11 is 0. The number of aliphatic carboxylic acids is 1. The summed E-state index contributed by atoms with van der Waals surface area (Å²) in [6, 6.07) is 0. The van der Waals surface area contributed by atoms with Crippen molar-refractivity contribution in [1.29, 1.82) is 0 Å². The normalized spacial score (nSPS) is 22.3. The first-order valence-corrected chi connectivity index (χ1v) is 7.87. The summed E-state index contributed by atoms with van der Waals surface area (Å²) in [5, 5.41) is 8.68. The molecule has 1 saturated heterocycles. The second-order valence-electron chi connectivity index (χ2n) is 5.09. The minimum absolute atomic E-state index is 0.0157. The Morgan fingerprint density at radius 1 is 0.875 bits per heavy atom. The second-order valence-corrected chi connectivity index (χ2v) is 5.09. The molecule has 1 fully saturated rings. The van der Waals surface area contributed by atoms with Crippen LogP contribution in [0.5, 0.6) is 0 Å². The van der Waals surface area contributed by atoms with Gasteiger partial charge in [0, 0.05) is 6.42 Å². The Balaban J connectivity index is 2.15. The Kier molecular flexibility index (Phi) is 10.7. The molecule has 128 valence electrons. The number of carboxylic acid groups (broad SMARTS) is 1. The lowest BCUT2D eigenvalue weighted by atomic mass is 10.1. The molecule has 0 radical (unpaired) electrons. The molecule has 0 saturated carbocycles. The number of hydrogen-bond donors (Lipinski definition) is 1. The van der Waals surface area contributed by atoms with Gasteiger partial charge in [0.25, 0.3) is 0 Å². The highest BCUT2D eigenvalue weighted by Crippen LogP contribution is 2.22. The maximum atomic E-state index is 10.6. The standard InChI is InChI=1S/C20H24O4/c1-2-3-4-5-6-7-8-9-10-11-12-13-14-15-18-16-19(24-23-18)17-20(21)22/h2-14,18-19H,1,15-17H2,(H,21,22).